The molecule has 0 aliphatic rings. The Morgan fingerprint density at radius 2 is 1.54 bits per heavy atom. The zero-order valence-corrected chi connectivity index (χ0v) is 12.1. The van der Waals surface area contributed by atoms with Gasteiger partial charge in [-0.1, -0.05) is 42.5 Å². The van der Waals surface area contributed by atoms with Crippen molar-refractivity contribution in [2.24, 2.45) is 0 Å². The van der Waals surface area contributed by atoms with Crippen LogP contribution in [0.1, 0.15) is 17.2 Å². The number of carbonyl (C=O) groups excluding carboxylic acids is 2. The number of benzene rings is 2. The molecule has 3 amide bonds. The van der Waals surface area contributed by atoms with Gasteiger partial charge in [0.05, 0.1) is 6.04 Å². The van der Waals surface area contributed by atoms with Gasteiger partial charge in [0, 0.05) is 0 Å². The molecule has 0 fully saturated rings. The van der Waals surface area contributed by atoms with Crippen molar-refractivity contribution in [1.82, 2.24) is 10.6 Å². The number of rotatable bonds is 3. The first-order chi connectivity index (χ1) is 11.3. The summed E-state index contributed by atoms with van der Waals surface area (Å²) in [5.41, 5.74) is 0.827. The van der Waals surface area contributed by atoms with Crippen LogP contribution >= 0.6 is 0 Å². The molecule has 0 aliphatic heterocycles. The SMILES string of the molecule is O=C(NC(=O)C(F)(F)F)N[C@@H](c1ccccc1)c1cccc(F)c1. The van der Waals surface area contributed by atoms with Crippen molar-refractivity contribution in [2.75, 3.05) is 0 Å². The quantitative estimate of drug-likeness (QED) is 0.843. The average molecular weight is 340 g/mol. The lowest BCUT2D eigenvalue weighted by Crippen LogP contribution is -2.46. The second-order valence-electron chi connectivity index (χ2n) is 4.82. The molecule has 4 nitrogen and oxygen atoms in total. The lowest BCUT2D eigenvalue weighted by molar-refractivity contribution is -0.172. The molecule has 2 rings (SSSR count). The summed E-state index contributed by atoms with van der Waals surface area (Å²) in [4.78, 5) is 22.5. The Hall–Kier alpha value is -2.90. The Labute approximate surface area is 134 Å². The van der Waals surface area contributed by atoms with Gasteiger partial charge in [0.15, 0.2) is 0 Å². The van der Waals surface area contributed by atoms with E-state index in [1.54, 1.807) is 30.3 Å². The maximum Gasteiger partial charge on any atom is 0.471 e. The normalized spacial score (nSPS) is 12.3. The molecule has 8 heteroatoms. The Morgan fingerprint density at radius 1 is 0.917 bits per heavy atom. The van der Waals surface area contributed by atoms with Crippen LogP contribution in [0.5, 0.6) is 0 Å². The van der Waals surface area contributed by atoms with Crippen LogP contribution in [0.25, 0.3) is 0 Å². The highest BCUT2D eigenvalue weighted by molar-refractivity contribution is 5.97. The summed E-state index contributed by atoms with van der Waals surface area (Å²) in [5, 5.41) is 3.44. The molecule has 2 aromatic rings. The van der Waals surface area contributed by atoms with Crippen molar-refractivity contribution in [1.29, 1.82) is 0 Å². The van der Waals surface area contributed by atoms with Gasteiger partial charge in [0.2, 0.25) is 0 Å². The largest absolute Gasteiger partial charge is 0.471 e. The molecule has 0 aromatic heterocycles. The number of amides is 3. The van der Waals surface area contributed by atoms with Gasteiger partial charge < -0.3 is 5.32 Å². The molecule has 0 heterocycles. The van der Waals surface area contributed by atoms with Gasteiger partial charge >= 0.3 is 18.1 Å². The molecule has 0 unspecified atom stereocenters. The van der Waals surface area contributed by atoms with Crippen molar-refractivity contribution in [2.45, 2.75) is 12.2 Å². The third-order valence-electron chi connectivity index (χ3n) is 3.07. The number of carbonyl (C=O) groups is 2. The van der Waals surface area contributed by atoms with E-state index in [1.807, 2.05) is 0 Å². The second kappa shape index (κ2) is 7.12. The van der Waals surface area contributed by atoms with Crippen LogP contribution in [0.4, 0.5) is 22.4 Å². The van der Waals surface area contributed by atoms with Gasteiger partial charge in [-0.05, 0) is 23.3 Å². The van der Waals surface area contributed by atoms with Crippen LogP contribution in [0.2, 0.25) is 0 Å². The molecule has 2 N–H and O–H groups in total. The van der Waals surface area contributed by atoms with E-state index in [0.717, 1.165) is 6.07 Å². The van der Waals surface area contributed by atoms with Gasteiger partial charge in [-0.25, -0.2) is 9.18 Å². The van der Waals surface area contributed by atoms with E-state index in [2.05, 4.69) is 5.32 Å². The minimum atomic E-state index is -5.18. The van der Waals surface area contributed by atoms with Crippen molar-refractivity contribution in [3.8, 4) is 0 Å². The van der Waals surface area contributed by atoms with Crippen molar-refractivity contribution in [3.63, 3.8) is 0 Å². The third kappa shape index (κ3) is 4.55. The smallest absolute Gasteiger partial charge is 0.327 e. The third-order valence-corrected chi connectivity index (χ3v) is 3.07. The molecule has 0 saturated heterocycles. The zero-order valence-electron chi connectivity index (χ0n) is 12.1. The average Bonchev–Trinajstić information content (AvgIpc) is 2.52. The topological polar surface area (TPSA) is 58.2 Å². The van der Waals surface area contributed by atoms with Gasteiger partial charge in [0.1, 0.15) is 5.82 Å². The Morgan fingerprint density at radius 3 is 2.12 bits per heavy atom. The predicted octanol–water partition coefficient (Wildman–Crippen LogP) is 3.30. The van der Waals surface area contributed by atoms with E-state index in [4.69, 9.17) is 0 Å². The van der Waals surface area contributed by atoms with E-state index >= 15 is 0 Å². The van der Waals surface area contributed by atoms with Crippen LogP contribution in [-0.2, 0) is 4.79 Å². The van der Waals surface area contributed by atoms with E-state index < -0.39 is 30.0 Å². The van der Waals surface area contributed by atoms with Crippen molar-refractivity contribution >= 4 is 11.9 Å². The maximum atomic E-state index is 13.4. The summed E-state index contributed by atoms with van der Waals surface area (Å²) in [6, 6.07) is 11.2. The maximum absolute atomic E-state index is 13.4. The second-order valence-corrected chi connectivity index (χ2v) is 4.82. The lowest BCUT2D eigenvalue weighted by atomic mass is 9.99. The molecule has 1 atom stereocenters. The molecule has 2 aromatic carbocycles. The minimum absolute atomic E-state index is 0.316. The van der Waals surface area contributed by atoms with E-state index in [-0.39, 0.29) is 0 Å². The number of urea groups is 1. The van der Waals surface area contributed by atoms with E-state index in [9.17, 15) is 27.2 Å². The first-order valence-corrected chi connectivity index (χ1v) is 6.76. The summed E-state index contributed by atoms with van der Waals surface area (Å²) in [6.07, 6.45) is -5.18. The van der Waals surface area contributed by atoms with Crippen LogP contribution in [0.15, 0.2) is 54.6 Å². The standard InChI is InChI=1S/C16H12F4N2O2/c17-12-8-4-7-11(9-12)13(10-5-2-1-3-6-10)21-15(24)22-14(23)16(18,19)20/h1-9,13H,(H2,21,22,23,24)/t13-/m0/s1. The number of alkyl halides is 3. The highest BCUT2D eigenvalue weighted by atomic mass is 19.4. The highest BCUT2D eigenvalue weighted by Gasteiger charge is 2.40. The number of nitrogens with one attached hydrogen (secondary N) is 2. The van der Waals surface area contributed by atoms with Crippen molar-refractivity contribution < 1.29 is 27.2 Å². The minimum Gasteiger partial charge on any atom is -0.327 e. The number of halogens is 4. The molecule has 0 spiro atoms. The Bertz CT molecular complexity index is 732. The fourth-order valence-electron chi connectivity index (χ4n) is 2.03. The molecular weight excluding hydrogens is 328 g/mol. The van der Waals surface area contributed by atoms with Crippen molar-refractivity contribution in [3.05, 3.63) is 71.5 Å². The van der Waals surface area contributed by atoms with Gasteiger partial charge in [-0.2, -0.15) is 13.2 Å². The van der Waals surface area contributed by atoms with E-state index in [1.165, 1.54) is 23.5 Å². The molecule has 24 heavy (non-hydrogen) atoms. The molecule has 126 valence electrons. The molecular formula is C16H12F4N2O2. The number of hydrogen-bond donors (Lipinski definition) is 2. The van der Waals surface area contributed by atoms with E-state index in [0.29, 0.717) is 11.1 Å². The first-order valence-electron chi connectivity index (χ1n) is 6.76. The predicted molar refractivity (Wildman–Crippen MR) is 77.4 cm³/mol. The number of imide groups is 1. The lowest BCUT2D eigenvalue weighted by Gasteiger charge is -2.20. The monoisotopic (exact) mass is 340 g/mol. The van der Waals surface area contributed by atoms with Gasteiger partial charge in [0.25, 0.3) is 0 Å². The fraction of sp³-hybridized carbons (Fsp3) is 0.125. The molecule has 0 bridgehead atoms. The Kier molecular flexibility index (Phi) is 5.18. The van der Waals surface area contributed by atoms with Gasteiger partial charge in [-0.15, -0.1) is 0 Å². The fourth-order valence-corrected chi connectivity index (χ4v) is 2.03. The summed E-state index contributed by atoms with van der Waals surface area (Å²) >= 11 is 0. The van der Waals surface area contributed by atoms with Gasteiger partial charge in [-0.3, -0.25) is 10.1 Å². The number of hydrogen-bond acceptors (Lipinski definition) is 2. The summed E-state index contributed by atoms with van der Waals surface area (Å²) < 4.78 is 50.0. The van der Waals surface area contributed by atoms with Crippen LogP contribution in [0.3, 0.4) is 0 Å². The van der Waals surface area contributed by atoms with Crippen LogP contribution in [0, 0.1) is 5.82 Å². The highest BCUT2D eigenvalue weighted by Crippen LogP contribution is 2.22. The molecule has 0 aliphatic carbocycles. The van der Waals surface area contributed by atoms with Crippen LogP contribution < -0.4 is 10.6 Å². The first kappa shape index (κ1) is 17.5. The summed E-state index contributed by atoms with van der Waals surface area (Å²) in [5.74, 6) is -2.95. The zero-order chi connectivity index (χ0) is 17.7. The summed E-state index contributed by atoms with van der Waals surface area (Å²) in [6.45, 7) is 0. The Balaban J connectivity index is 2.24. The molecule has 0 radical (unpaired) electrons. The summed E-state index contributed by atoms with van der Waals surface area (Å²) in [7, 11) is 0. The molecule has 0 saturated carbocycles. The van der Waals surface area contributed by atoms with Crippen LogP contribution in [-0.4, -0.2) is 18.1 Å².